The van der Waals surface area contributed by atoms with Crippen molar-refractivity contribution < 1.29 is 19.5 Å². The molecule has 0 fully saturated rings. The summed E-state index contributed by atoms with van der Waals surface area (Å²) in [5.41, 5.74) is 0.599. The maximum Gasteiger partial charge on any atom is 0.327 e. The lowest BCUT2D eigenvalue weighted by Crippen LogP contribution is -2.41. The third kappa shape index (κ3) is 5.56. The van der Waals surface area contributed by atoms with Gasteiger partial charge in [0, 0.05) is 18.2 Å². The first-order chi connectivity index (χ1) is 9.00. The van der Waals surface area contributed by atoms with Crippen molar-refractivity contribution >= 4 is 29.4 Å². The molecule has 0 unspecified atom stereocenters. The second-order valence-corrected chi connectivity index (χ2v) is 4.93. The van der Waals surface area contributed by atoms with Crippen LogP contribution in [0.2, 0.25) is 0 Å². The van der Waals surface area contributed by atoms with Gasteiger partial charge >= 0.3 is 5.97 Å². The molecule has 5 nitrogen and oxygen atoms in total. The molecule has 2 N–H and O–H groups in total. The van der Waals surface area contributed by atoms with Crippen LogP contribution in [0.15, 0.2) is 30.3 Å². The number of benzene rings is 1. The average molecular weight is 281 g/mol. The van der Waals surface area contributed by atoms with E-state index in [1.54, 1.807) is 24.3 Å². The van der Waals surface area contributed by atoms with Crippen LogP contribution in [-0.4, -0.2) is 40.3 Å². The standard InChI is InChI=1S/C13H15NO4S/c1-9(15)14-11(13(17)18)7-19-8-12(16)10-5-3-2-4-6-10/h2-6,11H,7-8H2,1H3,(H,14,15)(H,17,18)/t11-/m0/s1. The van der Waals surface area contributed by atoms with Crippen LogP contribution in [0.4, 0.5) is 0 Å². The smallest absolute Gasteiger partial charge is 0.327 e. The molecule has 0 spiro atoms. The topological polar surface area (TPSA) is 83.5 Å². The number of aliphatic carboxylic acids is 1. The van der Waals surface area contributed by atoms with E-state index in [9.17, 15) is 14.4 Å². The molecule has 0 aliphatic carbocycles. The van der Waals surface area contributed by atoms with E-state index in [0.29, 0.717) is 5.56 Å². The predicted molar refractivity (Wildman–Crippen MR) is 73.3 cm³/mol. The van der Waals surface area contributed by atoms with Gasteiger partial charge in [-0.25, -0.2) is 4.79 Å². The predicted octanol–water partition coefficient (Wildman–Crippen LogP) is 1.19. The molecule has 0 aliphatic rings. The summed E-state index contributed by atoms with van der Waals surface area (Å²) in [5, 5.41) is 11.2. The fourth-order valence-electron chi connectivity index (χ4n) is 1.40. The van der Waals surface area contributed by atoms with Crippen LogP contribution < -0.4 is 5.32 Å². The third-order valence-electron chi connectivity index (χ3n) is 2.29. The van der Waals surface area contributed by atoms with E-state index < -0.39 is 17.9 Å². The van der Waals surface area contributed by atoms with Gasteiger partial charge in [0.15, 0.2) is 5.78 Å². The van der Waals surface area contributed by atoms with Gasteiger partial charge in [-0.1, -0.05) is 30.3 Å². The van der Waals surface area contributed by atoms with Gasteiger partial charge in [0.25, 0.3) is 0 Å². The van der Waals surface area contributed by atoms with Crippen LogP contribution in [-0.2, 0) is 9.59 Å². The summed E-state index contributed by atoms with van der Waals surface area (Å²) in [6, 6.07) is 7.83. The molecule has 0 aliphatic heterocycles. The fraction of sp³-hybridized carbons (Fsp3) is 0.308. The Bertz CT molecular complexity index is 461. The zero-order valence-corrected chi connectivity index (χ0v) is 11.3. The summed E-state index contributed by atoms with van der Waals surface area (Å²) >= 11 is 1.19. The van der Waals surface area contributed by atoms with Gasteiger partial charge < -0.3 is 10.4 Å². The Morgan fingerprint density at radius 3 is 2.42 bits per heavy atom. The van der Waals surface area contributed by atoms with Crippen LogP contribution in [0, 0.1) is 0 Å². The fourth-order valence-corrected chi connectivity index (χ4v) is 2.33. The van der Waals surface area contributed by atoms with Crippen LogP contribution in [0.25, 0.3) is 0 Å². The molecule has 102 valence electrons. The van der Waals surface area contributed by atoms with Crippen molar-refractivity contribution in [2.75, 3.05) is 11.5 Å². The molecule has 1 aromatic carbocycles. The van der Waals surface area contributed by atoms with E-state index in [1.807, 2.05) is 6.07 Å². The first-order valence-electron chi connectivity index (χ1n) is 5.66. The zero-order valence-electron chi connectivity index (χ0n) is 10.5. The van der Waals surface area contributed by atoms with Crippen LogP contribution >= 0.6 is 11.8 Å². The number of carbonyl (C=O) groups is 3. The Morgan fingerprint density at radius 2 is 1.89 bits per heavy atom. The first kappa shape index (κ1) is 15.2. The SMILES string of the molecule is CC(=O)N[C@@H](CSCC(=O)c1ccccc1)C(=O)O. The third-order valence-corrected chi connectivity index (χ3v) is 3.32. The quantitative estimate of drug-likeness (QED) is 0.734. The van der Waals surface area contributed by atoms with E-state index in [-0.39, 0.29) is 17.3 Å². The molecule has 1 rings (SSSR count). The number of carboxylic acid groups (broad SMARTS) is 1. The van der Waals surface area contributed by atoms with Crippen LogP contribution in [0.1, 0.15) is 17.3 Å². The lowest BCUT2D eigenvalue weighted by atomic mass is 10.2. The number of carboxylic acids is 1. The molecular weight excluding hydrogens is 266 g/mol. The average Bonchev–Trinajstić information content (AvgIpc) is 2.37. The maximum atomic E-state index is 11.8. The summed E-state index contributed by atoms with van der Waals surface area (Å²) in [4.78, 5) is 33.5. The number of carbonyl (C=O) groups excluding carboxylic acids is 2. The largest absolute Gasteiger partial charge is 0.480 e. The second kappa shape index (κ2) is 7.58. The van der Waals surface area contributed by atoms with Crippen molar-refractivity contribution in [3.63, 3.8) is 0 Å². The summed E-state index contributed by atoms with van der Waals surface area (Å²) in [6.45, 7) is 1.26. The number of rotatable bonds is 7. The number of Topliss-reactive ketones (excluding diaryl/α,β-unsaturated/α-hetero) is 1. The van der Waals surface area contributed by atoms with Crippen LogP contribution in [0.5, 0.6) is 0 Å². The Balaban J connectivity index is 2.42. The summed E-state index contributed by atoms with van der Waals surface area (Å²) in [5.74, 6) is -1.21. The molecule has 1 amide bonds. The van der Waals surface area contributed by atoms with E-state index >= 15 is 0 Å². The first-order valence-corrected chi connectivity index (χ1v) is 6.82. The summed E-state index contributed by atoms with van der Waals surface area (Å²) < 4.78 is 0. The number of hydrogen-bond acceptors (Lipinski definition) is 4. The molecule has 1 atom stereocenters. The van der Waals surface area contributed by atoms with Crippen molar-refractivity contribution in [3.8, 4) is 0 Å². The molecule has 19 heavy (non-hydrogen) atoms. The molecule has 0 saturated heterocycles. The number of ketones is 1. The van der Waals surface area contributed by atoms with Gasteiger partial charge in [-0.2, -0.15) is 11.8 Å². The van der Waals surface area contributed by atoms with Crippen molar-refractivity contribution in [2.24, 2.45) is 0 Å². The van der Waals surface area contributed by atoms with Gasteiger partial charge in [-0.05, 0) is 0 Å². The summed E-state index contributed by atoms with van der Waals surface area (Å²) in [7, 11) is 0. The van der Waals surface area contributed by atoms with Gasteiger partial charge in [0.2, 0.25) is 5.91 Å². The van der Waals surface area contributed by atoms with Gasteiger partial charge in [0.1, 0.15) is 6.04 Å². The number of hydrogen-bond donors (Lipinski definition) is 2. The van der Waals surface area contributed by atoms with Crippen molar-refractivity contribution in [3.05, 3.63) is 35.9 Å². The molecule has 0 saturated carbocycles. The number of amides is 1. The molecular formula is C13H15NO4S. The molecule has 0 radical (unpaired) electrons. The minimum atomic E-state index is -1.10. The molecule has 0 heterocycles. The Labute approximate surface area is 115 Å². The highest BCUT2D eigenvalue weighted by molar-refractivity contribution is 8.00. The van der Waals surface area contributed by atoms with Gasteiger partial charge in [-0.3, -0.25) is 9.59 Å². The highest BCUT2D eigenvalue weighted by Crippen LogP contribution is 2.09. The molecule has 0 aromatic heterocycles. The molecule has 1 aromatic rings. The highest BCUT2D eigenvalue weighted by Gasteiger charge is 2.18. The Hall–Kier alpha value is -1.82. The number of nitrogens with one attached hydrogen (secondary N) is 1. The monoisotopic (exact) mass is 281 g/mol. The van der Waals surface area contributed by atoms with Crippen molar-refractivity contribution in [2.45, 2.75) is 13.0 Å². The molecule has 0 bridgehead atoms. The Kier molecular flexibility index (Phi) is 6.08. The second-order valence-electron chi connectivity index (χ2n) is 3.90. The lowest BCUT2D eigenvalue weighted by molar-refractivity contribution is -0.140. The van der Waals surface area contributed by atoms with E-state index in [4.69, 9.17) is 5.11 Å². The number of thioether (sulfide) groups is 1. The van der Waals surface area contributed by atoms with Gasteiger partial charge in [0.05, 0.1) is 5.75 Å². The van der Waals surface area contributed by atoms with Crippen molar-refractivity contribution in [1.29, 1.82) is 0 Å². The zero-order chi connectivity index (χ0) is 14.3. The molecule has 6 heteroatoms. The lowest BCUT2D eigenvalue weighted by Gasteiger charge is -2.12. The minimum Gasteiger partial charge on any atom is -0.480 e. The maximum absolute atomic E-state index is 11.8. The van der Waals surface area contributed by atoms with E-state index in [1.165, 1.54) is 18.7 Å². The van der Waals surface area contributed by atoms with Crippen LogP contribution in [0.3, 0.4) is 0 Å². The van der Waals surface area contributed by atoms with Gasteiger partial charge in [-0.15, -0.1) is 0 Å². The van der Waals surface area contributed by atoms with Crippen molar-refractivity contribution in [1.82, 2.24) is 5.32 Å². The summed E-state index contributed by atoms with van der Waals surface area (Å²) in [6.07, 6.45) is 0. The Morgan fingerprint density at radius 1 is 1.26 bits per heavy atom. The van der Waals surface area contributed by atoms with E-state index in [2.05, 4.69) is 5.32 Å². The normalized spacial score (nSPS) is 11.6. The highest BCUT2D eigenvalue weighted by atomic mass is 32.2. The minimum absolute atomic E-state index is 0.0578. The van der Waals surface area contributed by atoms with E-state index in [0.717, 1.165) is 0 Å².